The van der Waals surface area contributed by atoms with Gasteiger partial charge in [-0.05, 0) is 31.2 Å². The molecule has 0 aliphatic rings. The first-order chi connectivity index (χ1) is 11.0. The second-order valence-corrected chi connectivity index (χ2v) is 4.66. The Morgan fingerprint density at radius 2 is 2.09 bits per heavy atom. The highest BCUT2D eigenvalue weighted by Crippen LogP contribution is 2.25. The van der Waals surface area contributed by atoms with Gasteiger partial charge in [0.25, 0.3) is 11.6 Å². The van der Waals surface area contributed by atoms with Crippen molar-refractivity contribution in [2.24, 2.45) is 0 Å². The number of rotatable bonds is 5. The number of hydrogen-bond acceptors (Lipinski definition) is 5. The molecule has 7 nitrogen and oxygen atoms in total. The summed E-state index contributed by atoms with van der Waals surface area (Å²) in [6.45, 7) is 2.35. The zero-order valence-electron chi connectivity index (χ0n) is 12.4. The van der Waals surface area contributed by atoms with Crippen molar-refractivity contribution in [3.8, 4) is 6.07 Å². The molecule has 0 unspecified atom stereocenters. The highest BCUT2D eigenvalue weighted by atomic mass is 16.6. The highest BCUT2D eigenvalue weighted by molar-refractivity contribution is 5.95. The lowest BCUT2D eigenvalue weighted by molar-refractivity contribution is -0.384. The number of nitro benzene ring substituents is 1. The number of anilines is 2. The van der Waals surface area contributed by atoms with Crippen molar-refractivity contribution in [2.45, 2.75) is 6.92 Å². The maximum atomic E-state index is 11.8. The fourth-order valence-corrected chi connectivity index (χ4v) is 2.00. The van der Waals surface area contributed by atoms with Crippen LogP contribution in [-0.4, -0.2) is 17.4 Å². The molecule has 0 aliphatic carbocycles. The van der Waals surface area contributed by atoms with Crippen molar-refractivity contribution in [3.63, 3.8) is 0 Å². The molecule has 0 heterocycles. The molecule has 0 spiro atoms. The Balaban J connectivity index is 2.29. The Morgan fingerprint density at radius 1 is 1.30 bits per heavy atom. The van der Waals surface area contributed by atoms with Gasteiger partial charge in [-0.15, -0.1) is 0 Å². The lowest BCUT2D eigenvalue weighted by atomic mass is 10.1. The summed E-state index contributed by atoms with van der Waals surface area (Å²) in [6.07, 6.45) is 0. The topological polar surface area (TPSA) is 108 Å². The van der Waals surface area contributed by atoms with Crippen LogP contribution in [0.2, 0.25) is 0 Å². The number of non-ortho nitro benzene ring substituents is 1. The molecule has 0 fully saturated rings. The third-order valence-electron chi connectivity index (χ3n) is 3.08. The van der Waals surface area contributed by atoms with Crippen molar-refractivity contribution in [3.05, 3.63) is 63.7 Å². The van der Waals surface area contributed by atoms with E-state index >= 15 is 0 Å². The molecular weight excluding hydrogens is 296 g/mol. The first-order valence-electron chi connectivity index (χ1n) is 6.89. The second kappa shape index (κ2) is 7.04. The van der Waals surface area contributed by atoms with Gasteiger partial charge >= 0.3 is 0 Å². The molecule has 2 aromatic carbocycles. The van der Waals surface area contributed by atoms with Crippen molar-refractivity contribution >= 4 is 23.0 Å². The van der Waals surface area contributed by atoms with Crippen LogP contribution in [-0.2, 0) is 0 Å². The molecule has 2 aromatic rings. The van der Waals surface area contributed by atoms with Crippen LogP contribution in [0.5, 0.6) is 0 Å². The second-order valence-electron chi connectivity index (χ2n) is 4.66. The smallest absolute Gasteiger partial charge is 0.270 e. The average Bonchev–Trinajstić information content (AvgIpc) is 2.55. The van der Waals surface area contributed by atoms with Crippen LogP contribution in [0.25, 0.3) is 0 Å². The number of hydrogen-bond donors (Lipinski definition) is 2. The van der Waals surface area contributed by atoms with E-state index in [1.807, 2.05) is 13.0 Å². The lowest BCUT2D eigenvalue weighted by Crippen LogP contribution is -2.22. The number of nitrogens with one attached hydrogen (secondary N) is 2. The van der Waals surface area contributed by atoms with E-state index in [1.165, 1.54) is 18.2 Å². The number of carbonyl (C=O) groups is 1. The fraction of sp³-hybridized carbons (Fsp3) is 0.125. The van der Waals surface area contributed by atoms with E-state index in [0.29, 0.717) is 23.5 Å². The third kappa shape index (κ3) is 3.83. The Labute approximate surface area is 132 Å². The van der Waals surface area contributed by atoms with Crippen LogP contribution in [0.3, 0.4) is 0 Å². The van der Waals surface area contributed by atoms with E-state index in [1.54, 1.807) is 24.3 Å². The lowest BCUT2D eigenvalue weighted by Gasteiger charge is -2.10. The van der Waals surface area contributed by atoms with E-state index in [9.17, 15) is 14.9 Å². The van der Waals surface area contributed by atoms with Gasteiger partial charge in [0.1, 0.15) is 6.07 Å². The van der Waals surface area contributed by atoms with Gasteiger partial charge in [-0.25, -0.2) is 0 Å². The van der Waals surface area contributed by atoms with Crippen LogP contribution in [0.4, 0.5) is 17.1 Å². The monoisotopic (exact) mass is 310 g/mol. The zero-order valence-corrected chi connectivity index (χ0v) is 12.4. The standard InChI is InChI=1S/C16H14N4O3/c1-2-18-16(21)11-4-3-5-13(8-11)19-15-7-6-14(20(22)23)9-12(15)10-17/h3-9,19H,2H2,1H3,(H,18,21). The van der Waals surface area contributed by atoms with E-state index in [4.69, 9.17) is 5.26 Å². The van der Waals surface area contributed by atoms with Crippen molar-refractivity contribution in [2.75, 3.05) is 11.9 Å². The molecular formula is C16H14N4O3. The van der Waals surface area contributed by atoms with Gasteiger partial charge < -0.3 is 10.6 Å². The molecule has 0 aromatic heterocycles. The Bertz CT molecular complexity index is 796. The summed E-state index contributed by atoms with van der Waals surface area (Å²) in [5, 5.41) is 25.6. The van der Waals surface area contributed by atoms with Crippen LogP contribution < -0.4 is 10.6 Å². The Kier molecular flexibility index (Phi) is 4.89. The minimum atomic E-state index is -0.555. The third-order valence-corrected chi connectivity index (χ3v) is 3.08. The van der Waals surface area contributed by atoms with Crippen LogP contribution in [0.1, 0.15) is 22.8 Å². The molecule has 0 radical (unpaired) electrons. The molecule has 0 saturated heterocycles. The minimum Gasteiger partial charge on any atom is -0.354 e. The molecule has 1 amide bonds. The fourth-order valence-electron chi connectivity index (χ4n) is 2.00. The number of amides is 1. The largest absolute Gasteiger partial charge is 0.354 e. The number of nitro groups is 1. The molecule has 2 rings (SSSR count). The van der Waals surface area contributed by atoms with E-state index in [0.717, 1.165) is 0 Å². The summed E-state index contributed by atoms with van der Waals surface area (Å²) in [5.74, 6) is -0.194. The average molecular weight is 310 g/mol. The maximum absolute atomic E-state index is 11.8. The number of carbonyl (C=O) groups excluding carboxylic acids is 1. The maximum Gasteiger partial charge on any atom is 0.270 e. The number of benzene rings is 2. The molecule has 0 aliphatic heterocycles. The molecule has 0 atom stereocenters. The Morgan fingerprint density at radius 3 is 2.74 bits per heavy atom. The van der Waals surface area contributed by atoms with E-state index < -0.39 is 4.92 Å². The number of nitriles is 1. The van der Waals surface area contributed by atoms with Crippen molar-refractivity contribution in [1.82, 2.24) is 5.32 Å². The first-order valence-corrected chi connectivity index (χ1v) is 6.89. The van der Waals surface area contributed by atoms with Crippen molar-refractivity contribution in [1.29, 1.82) is 5.26 Å². The highest BCUT2D eigenvalue weighted by Gasteiger charge is 2.11. The quantitative estimate of drug-likeness (QED) is 0.652. The summed E-state index contributed by atoms with van der Waals surface area (Å²) in [6, 6.07) is 12.7. The Hall–Kier alpha value is -3.40. The van der Waals surface area contributed by atoms with Gasteiger partial charge in [0.05, 0.1) is 16.2 Å². The van der Waals surface area contributed by atoms with E-state index in [2.05, 4.69) is 10.6 Å². The van der Waals surface area contributed by atoms with Gasteiger partial charge in [0, 0.05) is 29.9 Å². The summed E-state index contributed by atoms with van der Waals surface area (Å²) in [4.78, 5) is 22.0. The first kappa shape index (κ1) is 16.0. The SMILES string of the molecule is CCNC(=O)c1cccc(Nc2ccc([N+](=O)[O-])cc2C#N)c1. The summed E-state index contributed by atoms with van der Waals surface area (Å²) < 4.78 is 0. The molecule has 0 saturated carbocycles. The normalized spacial score (nSPS) is 9.74. The van der Waals surface area contributed by atoms with Gasteiger partial charge in [-0.1, -0.05) is 6.07 Å². The van der Waals surface area contributed by atoms with Crippen LogP contribution >= 0.6 is 0 Å². The molecule has 0 bridgehead atoms. The van der Waals surface area contributed by atoms with Gasteiger partial charge in [0.2, 0.25) is 0 Å². The number of nitrogens with zero attached hydrogens (tertiary/aromatic N) is 2. The molecule has 116 valence electrons. The molecule has 7 heteroatoms. The van der Waals surface area contributed by atoms with Gasteiger partial charge in [-0.3, -0.25) is 14.9 Å². The summed E-state index contributed by atoms with van der Waals surface area (Å²) in [7, 11) is 0. The van der Waals surface area contributed by atoms with E-state index in [-0.39, 0.29) is 17.2 Å². The zero-order chi connectivity index (χ0) is 16.8. The van der Waals surface area contributed by atoms with Crippen LogP contribution in [0.15, 0.2) is 42.5 Å². The summed E-state index contributed by atoms with van der Waals surface area (Å²) in [5.41, 5.74) is 1.54. The predicted molar refractivity (Wildman–Crippen MR) is 85.5 cm³/mol. The minimum absolute atomic E-state index is 0.150. The van der Waals surface area contributed by atoms with Crippen LogP contribution in [0, 0.1) is 21.4 Å². The van der Waals surface area contributed by atoms with Gasteiger partial charge in [0.15, 0.2) is 0 Å². The predicted octanol–water partition coefficient (Wildman–Crippen LogP) is 2.96. The van der Waals surface area contributed by atoms with Crippen molar-refractivity contribution < 1.29 is 9.72 Å². The molecule has 2 N–H and O–H groups in total. The van der Waals surface area contributed by atoms with Gasteiger partial charge in [-0.2, -0.15) is 5.26 Å². The molecule has 23 heavy (non-hydrogen) atoms. The summed E-state index contributed by atoms with van der Waals surface area (Å²) >= 11 is 0.